The number of hydrogen-bond acceptors (Lipinski definition) is 3. The van der Waals surface area contributed by atoms with E-state index in [1.54, 1.807) is 6.92 Å². The first-order valence-electron chi connectivity index (χ1n) is 6.77. The van der Waals surface area contributed by atoms with Gasteiger partial charge in [0, 0.05) is 24.7 Å². The number of aliphatic hydroxyl groups excluding tert-OH is 1. The summed E-state index contributed by atoms with van der Waals surface area (Å²) in [6.07, 6.45) is -0.452. The van der Waals surface area contributed by atoms with Crippen molar-refractivity contribution in [2.45, 2.75) is 38.9 Å². The Balaban J connectivity index is 2.49. The lowest BCUT2D eigenvalue weighted by Gasteiger charge is -2.26. The van der Waals surface area contributed by atoms with Crippen molar-refractivity contribution >= 4 is 0 Å². The maximum atomic E-state index is 13.5. The van der Waals surface area contributed by atoms with Gasteiger partial charge in [-0.05, 0) is 25.3 Å². The Bertz CT molecular complexity index is 436. The van der Waals surface area contributed by atoms with Gasteiger partial charge in [0.2, 0.25) is 0 Å². The van der Waals surface area contributed by atoms with Gasteiger partial charge in [-0.1, -0.05) is 19.9 Å². The molecule has 0 bridgehead atoms. The molecule has 0 aliphatic heterocycles. The topological polar surface area (TPSA) is 52.5 Å². The van der Waals surface area contributed by atoms with Crippen molar-refractivity contribution in [2.75, 3.05) is 13.1 Å². The van der Waals surface area contributed by atoms with Crippen LogP contribution in [0, 0.1) is 17.6 Å². The van der Waals surface area contributed by atoms with Crippen molar-refractivity contribution in [3.8, 4) is 0 Å². The maximum absolute atomic E-state index is 13.5. The van der Waals surface area contributed by atoms with Crippen molar-refractivity contribution in [3.63, 3.8) is 0 Å². The molecule has 0 aliphatic carbocycles. The molecule has 0 heterocycles. The maximum Gasteiger partial charge on any atom is 0.131 e. The predicted molar refractivity (Wildman–Crippen MR) is 74.3 cm³/mol. The van der Waals surface area contributed by atoms with E-state index in [1.165, 1.54) is 6.07 Å². The zero-order valence-corrected chi connectivity index (χ0v) is 12.2. The van der Waals surface area contributed by atoms with E-state index < -0.39 is 23.3 Å². The van der Waals surface area contributed by atoms with E-state index in [0.717, 1.165) is 12.1 Å². The molecule has 0 radical (unpaired) electrons. The fraction of sp³-hybridized carbons (Fsp3) is 0.600. The lowest BCUT2D eigenvalue weighted by Crippen LogP contribution is -2.40. The molecule has 114 valence electrons. The molecule has 5 heteroatoms. The molecule has 20 heavy (non-hydrogen) atoms. The fourth-order valence-corrected chi connectivity index (χ4v) is 2.31. The van der Waals surface area contributed by atoms with Crippen molar-refractivity contribution in [1.82, 2.24) is 5.32 Å². The van der Waals surface area contributed by atoms with E-state index >= 15 is 0 Å². The van der Waals surface area contributed by atoms with Crippen LogP contribution in [-0.2, 0) is 0 Å². The molecule has 0 fully saturated rings. The van der Waals surface area contributed by atoms with Gasteiger partial charge in [-0.25, -0.2) is 8.78 Å². The normalized spacial score (nSPS) is 16.2. The lowest BCUT2D eigenvalue weighted by molar-refractivity contribution is 0.0351. The van der Waals surface area contributed by atoms with Crippen LogP contribution >= 0.6 is 0 Å². The Kier molecular flexibility index (Phi) is 6.05. The summed E-state index contributed by atoms with van der Waals surface area (Å²) in [5.74, 6) is -1.09. The summed E-state index contributed by atoms with van der Waals surface area (Å²) in [5.41, 5.74) is -0.836. The van der Waals surface area contributed by atoms with Crippen LogP contribution in [0.2, 0.25) is 0 Å². The van der Waals surface area contributed by atoms with Crippen LogP contribution in [0.1, 0.15) is 38.9 Å². The molecule has 1 rings (SSSR count). The van der Waals surface area contributed by atoms with Crippen molar-refractivity contribution < 1.29 is 19.0 Å². The summed E-state index contributed by atoms with van der Waals surface area (Å²) >= 11 is 0. The summed E-state index contributed by atoms with van der Waals surface area (Å²) < 4.78 is 26.2. The zero-order chi connectivity index (χ0) is 15.3. The van der Waals surface area contributed by atoms with Crippen molar-refractivity contribution in [1.29, 1.82) is 0 Å². The van der Waals surface area contributed by atoms with Crippen LogP contribution in [0.5, 0.6) is 0 Å². The summed E-state index contributed by atoms with van der Waals surface area (Å²) in [5, 5.41) is 22.9. The average molecular weight is 287 g/mol. The number of nitrogens with one attached hydrogen (secondary N) is 1. The second kappa shape index (κ2) is 7.11. The highest BCUT2D eigenvalue weighted by atomic mass is 19.1. The molecule has 0 aromatic heterocycles. The van der Waals surface area contributed by atoms with Gasteiger partial charge in [0.15, 0.2) is 0 Å². The van der Waals surface area contributed by atoms with Gasteiger partial charge in [-0.3, -0.25) is 0 Å². The quantitative estimate of drug-likeness (QED) is 0.722. The SMILES string of the molecule is CC(C)CC(C)(O)CNCC(O)c1ccc(F)cc1F. The summed E-state index contributed by atoms with van der Waals surface area (Å²) in [7, 11) is 0. The number of hydrogen-bond donors (Lipinski definition) is 3. The standard InChI is InChI=1S/C15H23F2NO2/c1-10(2)7-15(3,20)9-18-8-14(19)12-5-4-11(16)6-13(12)17/h4-6,10,14,18-20H,7-9H2,1-3H3. The van der Waals surface area contributed by atoms with E-state index in [-0.39, 0.29) is 12.1 Å². The van der Waals surface area contributed by atoms with Crippen molar-refractivity contribution in [2.24, 2.45) is 5.92 Å². The highest BCUT2D eigenvalue weighted by Gasteiger charge is 2.22. The van der Waals surface area contributed by atoms with Gasteiger partial charge in [-0.15, -0.1) is 0 Å². The van der Waals surface area contributed by atoms with Gasteiger partial charge in [0.1, 0.15) is 11.6 Å². The molecule has 3 N–H and O–H groups in total. The Morgan fingerprint density at radius 2 is 1.95 bits per heavy atom. The first-order chi connectivity index (χ1) is 9.21. The molecule has 0 saturated carbocycles. The Morgan fingerprint density at radius 3 is 2.50 bits per heavy atom. The first-order valence-corrected chi connectivity index (χ1v) is 6.77. The molecule has 3 nitrogen and oxygen atoms in total. The summed E-state index contributed by atoms with van der Waals surface area (Å²) in [6, 6.07) is 3.08. The third-order valence-electron chi connectivity index (χ3n) is 3.01. The van der Waals surface area contributed by atoms with E-state index in [2.05, 4.69) is 5.32 Å². The molecule has 0 amide bonds. The minimum absolute atomic E-state index is 0.0439. The van der Waals surface area contributed by atoms with E-state index in [4.69, 9.17) is 0 Å². The van der Waals surface area contributed by atoms with Gasteiger partial charge in [-0.2, -0.15) is 0 Å². The van der Waals surface area contributed by atoms with Crippen LogP contribution in [0.3, 0.4) is 0 Å². The monoisotopic (exact) mass is 287 g/mol. The molecule has 2 atom stereocenters. The third-order valence-corrected chi connectivity index (χ3v) is 3.01. The molecular weight excluding hydrogens is 264 g/mol. The minimum Gasteiger partial charge on any atom is -0.389 e. The second-order valence-corrected chi connectivity index (χ2v) is 5.91. The zero-order valence-electron chi connectivity index (χ0n) is 12.2. The second-order valence-electron chi connectivity index (χ2n) is 5.91. The first kappa shape index (κ1) is 17.0. The highest BCUT2D eigenvalue weighted by Crippen LogP contribution is 2.18. The largest absolute Gasteiger partial charge is 0.389 e. The van der Waals surface area contributed by atoms with Gasteiger partial charge < -0.3 is 15.5 Å². The lowest BCUT2D eigenvalue weighted by atomic mass is 9.94. The van der Waals surface area contributed by atoms with E-state index in [1.807, 2.05) is 13.8 Å². The number of benzene rings is 1. The van der Waals surface area contributed by atoms with Gasteiger partial charge in [0.05, 0.1) is 11.7 Å². The van der Waals surface area contributed by atoms with Crippen LogP contribution in [-0.4, -0.2) is 28.9 Å². The smallest absolute Gasteiger partial charge is 0.131 e. The van der Waals surface area contributed by atoms with Crippen molar-refractivity contribution in [3.05, 3.63) is 35.4 Å². The molecule has 1 aromatic carbocycles. The highest BCUT2D eigenvalue weighted by molar-refractivity contribution is 5.21. The minimum atomic E-state index is -1.08. The molecule has 2 unspecified atom stereocenters. The van der Waals surface area contributed by atoms with Crippen LogP contribution in [0.15, 0.2) is 18.2 Å². The van der Waals surface area contributed by atoms with Crippen LogP contribution in [0.4, 0.5) is 8.78 Å². The Hall–Kier alpha value is -1.04. The molecule has 0 spiro atoms. The van der Waals surface area contributed by atoms with E-state index in [0.29, 0.717) is 18.9 Å². The third kappa shape index (κ3) is 5.53. The fourth-order valence-electron chi connectivity index (χ4n) is 2.31. The molecule has 1 aromatic rings. The number of rotatable bonds is 7. The average Bonchev–Trinajstić information content (AvgIpc) is 2.26. The van der Waals surface area contributed by atoms with E-state index in [9.17, 15) is 19.0 Å². The van der Waals surface area contributed by atoms with Crippen LogP contribution in [0.25, 0.3) is 0 Å². The predicted octanol–water partition coefficient (Wildman–Crippen LogP) is 2.38. The summed E-state index contributed by atoms with van der Waals surface area (Å²) in [6.45, 7) is 6.13. The molecule has 0 aliphatic rings. The van der Waals surface area contributed by atoms with Gasteiger partial charge >= 0.3 is 0 Å². The van der Waals surface area contributed by atoms with Crippen LogP contribution < -0.4 is 5.32 Å². The molecular formula is C15H23F2NO2. The number of aliphatic hydroxyl groups is 2. The number of halogens is 2. The summed E-state index contributed by atoms with van der Waals surface area (Å²) in [4.78, 5) is 0. The Labute approximate surface area is 118 Å². The van der Waals surface area contributed by atoms with Gasteiger partial charge in [0.25, 0.3) is 0 Å². The Morgan fingerprint density at radius 1 is 1.30 bits per heavy atom. The molecule has 0 saturated heterocycles.